The Bertz CT molecular complexity index is 142. The SMILES string of the molecule is CCCCCCCCCCCN(C)CC(C)C. The van der Waals surface area contributed by atoms with Gasteiger partial charge < -0.3 is 4.90 Å². The number of hydrogen-bond acceptors (Lipinski definition) is 1. The molecule has 0 atom stereocenters. The van der Waals surface area contributed by atoms with Crippen molar-refractivity contribution in [3.8, 4) is 0 Å². The van der Waals surface area contributed by atoms with E-state index in [1.165, 1.54) is 70.9 Å². The van der Waals surface area contributed by atoms with E-state index in [0.717, 1.165) is 5.92 Å². The van der Waals surface area contributed by atoms with Gasteiger partial charge in [-0.25, -0.2) is 0 Å². The third-order valence-corrected chi connectivity index (χ3v) is 3.32. The molecule has 0 bridgehead atoms. The van der Waals surface area contributed by atoms with Crippen molar-refractivity contribution in [2.45, 2.75) is 78.6 Å². The van der Waals surface area contributed by atoms with Gasteiger partial charge in [0.15, 0.2) is 0 Å². The second-order valence-electron chi connectivity index (χ2n) is 5.98. The van der Waals surface area contributed by atoms with Crippen LogP contribution in [0.5, 0.6) is 0 Å². The maximum absolute atomic E-state index is 2.48. The maximum Gasteiger partial charge on any atom is 0.000133 e. The molecule has 0 saturated carbocycles. The molecule has 17 heavy (non-hydrogen) atoms. The van der Waals surface area contributed by atoms with Crippen molar-refractivity contribution in [3.05, 3.63) is 0 Å². The zero-order valence-corrected chi connectivity index (χ0v) is 12.8. The first-order valence-electron chi connectivity index (χ1n) is 7.85. The molecule has 104 valence electrons. The Hall–Kier alpha value is -0.0400. The monoisotopic (exact) mass is 241 g/mol. The van der Waals surface area contributed by atoms with Gasteiger partial charge in [-0.15, -0.1) is 0 Å². The fraction of sp³-hybridized carbons (Fsp3) is 1.00. The summed E-state index contributed by atoms with van der Waals surface area (Å²) in [7, 11) is 2.25. The lowest BCUT2D eigenvalue weighted by Crippen LogP contribution is -2.24. The zero-order valence-electron chi connectivity index (χ0n) is 12.8. The Balaban J connectivity index is 3.07. The van der Waals surface area contributed by atoms with Crippen LogP contribution in [0.2, 0.25) is 0 Å². The number of rotatable bonds is 12. The third-order valence-electron chi connectivity index (χ3n) is 3.32. The normalized spacial score (nSPS) is 11.6. The predicted octanol–water partition coefficient (Wildman–Crippen LogP) is 5.11. The van der Waals surface area contributed by atoms with Crippen LogP contribution in [0.15, 0.2) is 0 Å². The van der Waals surface area contributed by atoms with Crippen LogP contribution in [-0.4, -0.2) is 25.0 Å². The van der Waals surface area contributed by atoms with Crippen LogP contribution in [-0.2, 0) is 0 Å². The van der Waals surface area contributed by atoms with Gasteiger partial charge in [0.05, 0.1) is 0 Å². The first-order valence-corrected chi connectivity index (χ1v) is 7.85. The summed E-state index contributed by atoms with van der Waals surface area (Å²) in [5.41, 5.74) is 0. The molecular weight excluding hydrogens is 206 g/mol. The quantitative estimate of drug-likeness (QED) is 0.429. The lowest BCUT2D eigenvalue weighted by molar-refractivity contribution is 0.288. The topological polar surface area (TPSA) is 3.24 Å². The van der Waals surface area contributed by atoms with E-state index in [4.69, 9.17) is 0 Å². The maximum atomic E-state index is 2.48. The van der Waals surface area contributed by atoms with Gasteiger partial charge in [0.1, 0.15) is 0 Å². The van der Waals surface area contributed by atoms with Crippen molar-refractivity contribution >= 4 is 0 Å². The Morgan fingerprint density at radius 1 is 0.765 bits per heavy atom. The van der Waals surface area contributed by atoms with Gasteiger partial charge in [-0.05, 0) is 25.9 Å². The average molecular weight is 241 g/mol. The van der Waals surface area contributed by atoms with Crippen molar-refractivity contribution in [2.24, 2.45) is 5.92 Å². The fourth-order valence-corrected chi connectivity index (χ4v) is 2.41. The van der Waals surface area contributed by atoms with E-state index in [1.807, 2.05) is 0 Å². The van der Waals surface area contributed by atoms with Crippen LogP contribution in [0, 0.1) is 5.92 Å². The first kappa shape index (κ1) is 17.0. The second kappa shape index (κ2) is 12.4. The average Bonchev–Trinajstić information content (AvgIpc) is 2.26. The van der Waals surface area contributed by atoms with Crippen molar-refractivity contribution in [3.63, 3.8) is 0 Å². The summed E-state index contributed by atoms with van der Waals surface area (Å²) in [5, 5.41) is 0. The molecular formula is C16H35N. The van der Waals surface area contributed by atoms with Gasteiger partial charge in [-0.3, -0.25) is 0 Å². The molecule has 0 aromatic rings. The molecule has 0 aliphatic carbocycles. The molecule has 0 radical (unpaired) electrons. The Labute approximate surface area is 110 Å². The van der Waals surface area contributed by atoms with E-state index < -0.39 is 0 Å². The lowest BCUT2D eigenvalue weighted by Gasteiger charge is -2.18. The predicted molar refractivity (Wildman–Crippen MR) is 79.6 cm³/mol. The highest BCUT2D eigenvalue weighted by Gasteiger charge is 2.00. The lowest BCUT2D eigenvalue weighted by atomic mass is 10.1. The molecule has 0 aromatic carbocycles. The van der Waals surface area contributed by atoms with Crippen LogP contribution < -0.4 is 0 Å². The molecule has 0 aromatic heterocycles. The minimum atomic E-state index is 0.804. The molecule has 0 aliphatic rings. The summed E-state index contributed by atoms with van der Waals surface area (Å²) in [4.78, 5) is 2.48. The molecule has 1 heteroatoms. The van der Waals surface area contributed by atoms with Crippen molar-refractivity contribution in [1.29, 1.82) is 0 Å². The summed E-state index contributed by atoms with van der Waals surface area (Å²) in [6.45, 7) is 9.41. The van der Waals surface area contributed by atoms with Crippen molar-refractivity contribution in [1.82, 2.24) is 4.90 Å². The molecule has 0 spiro atoms. The smallest absolute Gasteiger partial charge is 0.000133 e. The molecule has 0 amide bonds. The highest BCUT2D eigenvalue weighted by atomic mass is 15.1. The van der Waals surface area contributed by atoms with Gasteiger partial charge in [0.2, 0.25) is 0 Å². The van der Waals surface area contributed by atoms with Crippen molar-refractivity contribution in [2.75, 3.05) is 20.1 Å². The molecule has 0 rings (SSSR count). The Morgan fingerprint density at radius 3 is 1.71 bits per heavy atom. The van der Waals surface area contributed by atoms with Crippen LogP contribution >= 0.6 is 0 Å². The molecule has 0 fully saturated rings. The number of hydrogen-bond donors (Lipinski definition) is 0. The van der Waals surface area contributed by atoms with E-state index in [-0.39, 0.29) is 0 Å². The fourth-order valence-electron chi connectivity index (χ4n) is 2.41. The van der Waals surface area contributed by atoms with Crippen LogP contribution in [0.25, 0.3) is 0 Å². The summed E-state index contributed by atoms with van der Waals surface area (Å²) < 4.78 is 0. The molecule has 0 N–H and O–H groups in total. The number of unbranched alkanes of at least 4 members (excludes halogenated alkanes) is 8. The largest absolute Gasteiger partial charge is 0.306 e. The van der Waals surface area contributed by atoms with Gasteiger partial charge in [-0.1, -0.05) is 72.1 Å². The van der Waals surface area contributed by atoms with Crippen LogP contribution in [0.4, 0.5) is 0 Å². The standard InChI is InChI=1S/C16H35N/c1-5-6-7-8-9-10-11-12-13-14-17(4)15-16(2)3/h16H,5-15H2,1-4H3. The van der Waals surface area contributed by atoms with E-state index >= 15 is 0 Å². The molecule has 0 aliphatic heterocycles. The molecule has 0 saturated heterocycles. The molecule has 0 heterocycles. The summed E-state index contributed by atoms with van der Waals surface area (Å²) in [5.74, 6) is 0.804. The van der Waals surface area contributed by atoms with E-state index in [9.17, 15) is 0 Å². The van der Waals surface area contributed by atoms with E-state index in [2.05, 4.69) is 32.7 Å². The molecule has 1 nitrogen and oxygen atoms in total. The molecule has 0 unspecified atom stereocenters. The van der Waals surface area contributed by atoms with Gasteiger partial charge in [-0.2, -0.15) is 0 Å². The van der Waals surface area contributed by atoms with Crippen LogP contribution in [0.1, 0.15) is 78.6 Å². The van der Waals surface area contributed by atoms with E-state index in [1.54, 1.807) is 0 Å². The third kappa shape index (κ3) is 13.9. The van der Waals surface area contributed by atoms with Gasteiger partial charge in [0, 0.05) is 6.54 Å². The summed E-state index contributed by atoms with van der Waals surface area (Å²) in [6, 6.07) is 0. The second-order valence-corrected chi connectivity index (χ2v) is 5.98. The minimum Gasteiger partial charge on any atom is -0.306 e. The highest BCUT2D eigenvalue weighted by Crippen LogP contribution is 2.09. The van der Waals surface area contributed by atoms with E-state index in [0.29, 0.717) is 0 Å². The Morgan fingerprint density at radius 2 is 1.24 bits per heavy atom. The van der Waals surface area contributed by atoms with Crippen LogP contribution in [0.3, 0.4) is 0 Å². The van der Waals surface area contributed by atoms with Gasteiger partial charge in [0.25, 0.3) is 0 Å². The number of nitrogens with zero attached hydrogens (tertiary/aromatic N) is 1. The Kier molecular flexibility index (Phi) is 12.4. The zero-order chi connectivity index (χ0) is 12.9. The summed E-state index contributed by atoms with van der Waals surface area (Å²) in [6.07, 6.45) is 12.9. The highest BCUT2D eigenvalue weighted by molar-refractivity contribution is 4.55. The van der Waals surface area contributed by atoms with Crippen molar-refractivity contribution < 1.29 is 0 Å². The summed E-state index contributed by atoms with van der Waals surface area (Å²) >= 11 is 0. The first-order chi connectivity index (χ1) is 8.16. The minimum absolute atomic E-state index is 0.804. The van der Waals surface area contributed by atoms with Gasteiger partial charge >= 0.3 is 0 Å².